The molecule has 1 saturated heterocycles. The lowest BCUT2D eigenvalue weighted by atomic mass is 10.1. The fraction of sp³-hybridized carbons (Fsp3) is 0.500. The number of nitrogens with one attached hydrogen (secondary N) is 3. The van der Waals surface area contributed by atoms with Gasteiger partial charge < -0.3 is 16.0 Å². The van der Waals surface area contributed by atoms with Crippen molar-refractivity contribution in [3.8, 4) is 0 Å². The molecule has 0 saturated carbocycles. The number of hydrogen-bond donors (Lipinski definition) is 3. The maximum absolute atomic E-state index is 11.5. The minimum absolute atomic E-state index is 0. The summed E-state index contributed by atoms with van der Waals surface area (Å²) >= 11 is 2.03. The van der Waals surface area contributed by atoms with E-state index in [2.05, 4.69) is 20.9 Å². The number of rotatable bonds is 5. The van der Waals surface area contributed by atoms with E-state index in [4.69, 9.17) is 0 Å². The van der Waals surface area contributed by atoms with Crippen LogP contribution in [0.5, 0.6) is 0 Å². The Morgan fingerprint density at radius 1 is 1.30 bits per heavy atom. The van der Waals surface area contributed by atoms with Gasteiger partial charge in [0.1, 0.15) is 0 Å². The van der Waals surface area contributed by atoms with Gasteiger partial charge in [0.15, 0.2) is 5.96 Å². The average Bonchev–Trinajstić information content (AvgIpc) is 3.08. The lowest BCUT2D eigenvalue weighted by Crippen LogP contribution is -2.39. The maximum Gasteiger partial charge on any atom is 0.251 e. The van der Waals surface area contributed by atoms with Crippen molar-refractivity contribution < 1.29 is 4.79 Å². The zero-order valence-electron chi connectivity index (χ0n) is 13.6. The first-order valence-electron chi connectivity index (χ1n) is 7.60. The smallest absolute Gasteiger partial charge is 0.251 e. The van der Waals surface area contributed by atoms with Crippen molar-refractivity contribution in [1.29, 1.82) is 0 Å². The zero-order valence-corrected chi connectivity index (χ0v) is 16.7. The number of hydrogen-bond acceptors (Lipinski definition) is 3. The standard InChI is InChI=1S/C16H24N4OS.HI/c1-17-15(21)13-7-5-12(6-8-13)10-19-16(18-2)20-11-14-4-3-9-22-14;/h5-8,14H,3-4,9-11H2,1-2H3,(H,17,21)(H2,18,19,20);1H. The molecule has 7 heteroatoms. The minimum atomic E-state index is -0.0638. The Balaban J connectivity index is 0.00000264. The third-order valence-corrected chi connectivity index (χ3v) is 5.05. The van der Waals surface area contributed by atoms with Crippen LogP contribution in [0.25, 0.3) is 0 Å². The van der Waals surface area contributed by atoms with E-state index in [0.29, 0.717) is 17.4 Å². The van der Waals surface area contributed by atoms with E-state index in [9.17, 15) is 4.79 Å². The SMILES string of the molecule is CN=C(NCc1ccc(C(=O)NC)cc1)NCC1CCCS1.I. The quantitative estimate of drug-likeness (QED) is 0.367. The van der Waals surface area contributed by atoms with E-state index in [1.807, 2.05) is 36.0 Å². The molecule has 128 valence electrons. The number of guanidine groups is 1. The molecule has 0 bridgehead atoms. The summed E-state index contributed by atoms with van der Waals surface area (Å²) in [6, 6.07) is 7.58. The maximum atomic E-state index is 11.5. The van der Waals surface area contributed by atoms with Crippen molar-refractivity contribution in [2.75, 3.05) is 26.4 Å². The molecule has 1 unspecified atom stereocenters. The van der Waals surface area contributed by atoms with Crippen molar-refractivity contribution >= 4 is 47.6 Å². The van der Waals surface area contributed by atoms with Crippen LogP contribution in [0.1, 0.15) is 28.8 Å². The summed E-state index contributed by atoms with van der Waals surface area (Å²) in [5, 5.41) is 9.99. The van der Waals surface area contributed by atoms with Crippen molar-refractivity contribution in [1.82, 2.24) is 16.0 Å². The fourth-order valence-electron chi connectivity index (χ4n) is 2.34. The number of thioether (sulfide) groups is 1. The van der Waals surface area contributed by atoms with Gasteiger partial charge in [-0.1, -0.05) is 12.1 Å². The first kappa shape index (κ1) is 20.1. The lowest BCUT2D eigenvalue weighted by molar-refractivity contribution is 0.0963. The van der Waals surface area contributed by atoms with Gasteiger partial charge in [0.05, 0.1) is 0 Å². The summed E-state index contributed by atoms with van der Waals surface area (Å²) in [5.41, 5.74) is 1.79. The second-order valence-electron chi connectivity index (χ2n) is 5.22. The van der Waals surface area contributed by atoms with Gasteiger partial charge in [-0.25, -0.2) is 0 Å². The molecule has 0 aliphatic carbocycles. The zero-order chi connectivity index (χ0) is 15.8. The van der Waals surface area contributed by atoms with E-state index in [0.717, 1.165) is 18.1 Å². The van der Waals surface area contributed by atoms with Crippen LogP contribution < -0.4 is 16.0 Å². The normalized spacial score (nSPS) is 17.3. The predicted molar refractivity (Wildman–Crippen MR) is 109 cm³/mol. The number of carbonyl (C=O) groups excluding carboxylic acids is 1. The van der Waals surface area contributed by atoms with E-state index in [-0.39, 0.29) is 29.9 Å². The Morgan fingerprint density at radius 3 is 2.61 bits per heavy atom. The molecular weight excluding hydrogens is 423 g/mol. The van der Waals surface area contributed by atoms with E-state index >= 15 is 0 Å². The van der Waals surface area contributed by atoms with Gasteiger partial charge in [0.2, 0.25) is 0 Å². The summed E-state index contributed by atoms with van der Waals surface area (Å²) in [7, 11) is 3.42. The molecule has 1 aromatic carbocycles. The molecule has 0 radical (unpaired) electrons. The molecule has 1 aromatic rings. The van der Waals surface area contributed by atoms with Crippen molar-refractivity contribution in [3.63, 3.8) is 0 Å². The molecule has 3 N–H and O–H groups in total. The van der Waals surface area contributed by atoms with E-state index in [1.165, 1.54) is 18.6 Å². The molecular formula is C16H25IN4OS. The van der Waals surface area contributed by atoms with Gasteiger partial charge in [0, 0.05) is 38.0 Å². The Morgan fingerprint density at radius 2 is 2.04 bits per heavy atom. The molecule has 1 fully saturated rings. The average molecular weight is 448 g/mol. The number of benzene rings is 1. The van der Waals surface area contributed by atoms with Crippen LogP contribution >= 0.6 is 35.7 Å². The fourth-order valence-corrected chi connectivity index (χ4v) is 3.54. The number of halogens is 1. The van der Waals surface area contributed by atoms with Crippen molar-refractivity contribution in [3.05, 3.63) is 35.4 Å². The van der Waals surface area contributed by atoms with Crippen LogP contribution in [-0.2, 0) is 6.54 Å². The molecule has 2 rings (SSSR count). The van der Waals surface area contributed by atoms with Crippen LogP contribution in [-0.4, -0.2) is 43.5 Å². The largest absolute Gasteiger partial charge is 0.355 e. The van der Waals surface area contributed by atoms with Gasteiger partial charge in [-0.05, 0) is 36.3 Å². The van der Waals surface area contributed by atoms with Crippen LogP contribution in [0.3, 0.4) is 0 Å². The number of carbonyl (C=O) groups is 1. The predicted octanol–water partition coefficient (Wildman–Crippen LogP) is 2.22. The highest BCUT2D eigenvalue weighted by Crippen LogP contribution is 2.25. The Bertz CT molecular complexity index is 515. The van der Waals surface area contributed by atoms with Crippen LogP contribution in [0.15, 0.2) is 29.3 Å². The Labute approximate surface area is 159 Å². The Kier molecular flexibility index (Phi) is 9.39. The highest BCUT2D eigenvalue weighted by molar-refractivity contribution is 14.0. The monoisotopic (exact) mass is 448 g/mol. The van der Waals surface area contributed by atoms with Gasteiger partial charge in [-0.3, -0.25) is 9.79 Å². The topological polar surface area (TPSA) is 65.5 Å². The molecule has 1 aliphatic rings. The molecule has 1 heterocycles. The molecule has 0 aromatic heterocycles. The van der Waals surface area contributed by atoms with Gasteiger partial charge in [-0.2, -0.15) is 11.8 Å². The third kappa shape index (κ3) is 6.58. The van der Waals surface area contributed by atoms with E-state index < -0.39 is 0 Å². The summed E-state index contributed by atoms with van der Waals surface area (Å²) in [6.07, 6.45) is 2.61. The van der Waals surface area contributed by atoms with Crippen molar-refractivity contribution in [2.45, 2.75) is 24.6 Å². The van der Waals surface area contributed by atoms with Gasteiger partial charge in [-0.15, -0.1) is 24.0 Å². The molecule has 0 spiro atoms. The van der Waals surface area contributed by atoms with Crippen LogP contribution in [0, 0.1) is 0 Å². The van der Waals surface area contributed by atoms with Gasteiger partial charge in [0.25, 0.3) is 5.91 Å². The third-order valence-electron chi connectivity index (χ3n) is 3.65. The molecule has 1 aliphatic heterocycles. The second-order valence-corrected chi connectivity index (χ2v) is 6.63. The minimum Gasteiger partial charge on any atom is -0.355 e. The van der Waals surface area contributed by atoms with Crippen molar-refractivity contribution in [2.24, 2.45) is 4.99 Å². The summed E-state index contributed by atoms with van der Waals surface area (Å²) in [5.74, 6) is 2.03. The molecule has 1 amide bonds. The van der Waals surface area contributed by atoms with Gasteiger partial charge >= 0.3 is 0 Å². The van der Waals surface area contributed by atoms with Crippen LogP contribution in [0.2, 0.25) is 0 Å². The highest BCUT2D eigenvalue weighted by Gasteiger charge is 2.15. The molecule has 23 heavy (non-hydrogen) atoms. The number of nitrogens with zero attached hydrogens (tertiary/aromatic N) is 1. The molecule has 5 nitrogen and oxygen atoms in total. The molecule has 1 atom stereocenters. The van der Waals surface area contributed by atoms with E-state index in [1.54, 1.807) is 14.1 Å². The second kappa shape index (κ2) is 10.7. The highest BCUT2D eigenvalue weighted by atomic mass is 127. The summed E-state index contributed by atoms with van der Waals surface area (Å²) in [4.78, 5) is 15.7. The lowest BCUT2D eigenvalue weighted by Gasteiger charge is -2.15. The number of aliphatic imine (C=N–C) groups is 1. The number of amides is 1. The van der Waals surface area contributed by atoms with Crippen LogP contribution in [0.4, 0.5) is 0 Å². The Hall–Kier alpha value is -0.960. The first-order valence-corrected chi connectivity index (χ1v) is 8.65. The summed E-state index contributed by atoms with van der Waals surface area (Å²) < 4.78 is 0. The first-order chi connectivity index (χ1) is 10.7. The summed E-state index contributed by atoms with van der Waals surface area (Å²) in [6.45, 7) is 1.64.